The quantitative estimate of drug-likeness (QED) is 0.906. The minimum Gasteiger partial charge on any atom is -0.373 e. The van der Waals surface area contributed by atoms with Crippen LogP contribution in [0.5, 0.6) is 0 Å². The number of fused-ring (bicyclic) bond motifs is 1. The van der Waals surface area contributed by atoms with Crippen molar-refractivity contribution in [3.8, 4) is 0 Å². The van der Waals surface area contributed by atoms with Gasteiger partial charge in [0.2, 0.25) is 0 Å². The highest BCUT2D eigenvalue weighted by Crippen LogP contribution is 2.36. The molecule has 2 aromatic rings. The van der Waals surface area contributed by atoms with Crippen molar-refractivity contribution in [1.82, 2.24) is 5.32 Å². The molecular weight excluding hydrogens is 290 g/mol. The molecular formula is C16H18ClNOS. The number of thiophene rings is 1. The third-order valence-corrected chi connectivity index (χ3v) is 5.17. The zero-order valence-corrected chi connectivity index (χ0v) is 13.0. The molecule has 0 saturated carbocycles. The highest BCUT2D eigenvalue weighted by molar-refractivity contribution is 7.16. The summed E-state index contributed by atoms with van der Waals surface area (Å²) in [6.07, 6.45) is 2.12. The van der Waals surface area contributed by atoms with Crippen LogP contribution in [0.3, 0.4) is 0 Å². The maximum absolute atomic E-state index is 6.04. The number of hydrogen-bond acceptors (Lipinski definition) is 3. The van der Waals surface area contributed by atoms with Gasteiger partial charge in [0.15, 0.2) is 0 Å². The van der Waals surface area contributed by atoms with Gasteiger partial charge in [0.25, 0.3) is 0 Å². The number of benzene rings is 1. The second-order valence-corrected chi connectivity index (χ2v) is 6.77. The molecule has 1 N–H and O–H groups in total. The molecule has 106 valence electrons. The molecule has 0 saturated heterocycles. The smallest absolute Gasteiger partial charge is 0.0931 e. The Morgan fingerprint density at radius 3 is 2.95 bits per heavy atom. The van der Waals surface area contributed by atoms with Crippen molar-refractivity contribution in [1.29, 1.82) is 0 Å². The molecule has 2 heterocycles. The Morgan fingerprint density at radius 1 is 1.35 bits per heavy atom. The maximum Gasteiger partial charge on any atom is 0.0931 e. The summed E-state index contributed by atoms with van der Waals surface area (Å²) in [6.45, 7) is 0.809. The van der Waals surface area contributed by atoms with E-state index in [9.17, 15) is 0 Å². The molecule has 0 amide bonds. The molecule has 1 aliphatic heterocycles. The number of ether oxygens (including phenoxy) is 1. The fraction of sp³-hybridized carbons (Fsp3) is 0.375. The minimum absolute atomic E-state index is 0.165. The van der Waals surface area contributed by atoms with Crippen LogP contribution >= 0.6 is 22.9 Å². The maximum atomic E-state index is 6.04. The van der Waals surface area contributed by atoms with Gasteiger partial charge in [-0.05, 0) is 43.1 Å². The highest BCUT2D eigenvalue weighted by Gasteiger charge is 2.24. The number of rotatable bonds is 4. The summed E-state index contributed by atoms with van der Waals surface area (Å²) in [7, 11) is 1.99. The first-order valence-corrected chi connectivity index (χ1v) is 8.09. The molecule has 2 unspecified atom stereocenters. The van der Waals surface area contributed by atoms with Crippen LogP contribution in [0.25, 0.3) is 0 Å². The molecule has 0 aliphatic carbocycles. The number of hydrogen-bond donors (Lipinski definition) is 1. The monoisotopic (exact) mass is 307 g/mol. The van der Waals surface area contributed by atoms with E-state index in [0.29, 0.717) is 0 Å². The molecule has 3 rings (SSSR count). The molecule has 4 heteroatoms. The largest absolute Gasteiger partial charge is 0.373 e. The molecule has 0 fully saturated rings. The predicted molar refractivity (Wildman–Crippen MR) is 84.6 cm³/mol. The average molecular weight is 308 g/mol. The van der Waals surface area contributed by atoms with Crippen molar-refractivity contribution in [2.45, 2.75) is 25.0 Å². The predicted octanol–water partition coefficient (Wildman–Crippen LogP) is 4.37. The topological polar surface area (TPSA) is 21.3 Å². The van der Waals surface area contributed by atoms with Gasteiger partial charge < -0.3 is 10.1 Å². The standard InChI is InChI=1S/C16H18ClNOS/c1-18-13(15-6-7-16(17)20-15)10-14-12-5-3-2-4-11(12)8-9-19-14/h2-7,13-14,18H,8-10H2,1H3. The molecule has 1 aromatic carbocycles. The molecule has 0 bridgehead atoms. The van der Waals surface area contributed by atoms with E-state index in [1.807, 2.05) is 13.1 Å². The molecule has 0 radical (unpaired) electrons. The lowest BCUT2D eigenvalue weighted by molar-refractivity contribution is 0.0301. The lowest BCUT2D eigenvalue weighted by Gasteiger charge is -2.29. The summed E-state index contributed by atoms with van der Waals surface area (Å²) in [5.74, 6) is 0. The summed E-state index contributed by atoms with van der Waals surface area (Å²) < 4.78 is 6.83. The van der Waals surface area contributed by atoms with Gasteiger partial charge in [-0.25, -0.2) is 0 Å². The van der Waals surface area contributed by atoms with Gasteiger partial charge in [-0.1, -0.05) is 35.9 Å². The van der Waals surface area contributed by atoms with Gasteiger partial charge in [0, 0.05) is 10.9 Å². The van der Waals surface area contributed by atoms with Gasteiger partial charge in [-0.15, -0.1) is 11.3 Å². The highest BCUT2D eigenvalue weighted by atomic mass is 35.5. The first-order valence-electron chi connectivity index (χ1n) is 6.90. The molecule has 1 aliphatic rings. The number of halogens is 1. The Labute approximate surface area is 128 Å². The van der Waals surface area contributed by atoms with E-state index < -0.39 is 0 Å². The van der Waals surface area contributed by atoms with Gasteiger partial charge >= 0.3 is 0 Å². The van der Waals surface area contributed by atoms with Crippen molar-refractivity contribution in [3.63, 3.8) is 0 Å². The van der Waals surface area contributed by atoms with Crippen LogP contribution in [0.1, 0.15) is 34.6 Å². The van der Waals surface area contributed by atoms with Crippen LogP contribution in [0, 0.1) is 0 Å². The first kappa shape index (κ1) is 14.1. The van der Waals surface area contributed by atoms with E-state index in [4.69, 9.17) is 16.3 Å². The second-order valence-electron chi connectivity index (χ2n) is 5.03. The van der Waals surface area contributed by atoms with Crippen molar-refractivity contribution >= 4 is 22.9 Å². The average Bonchev–Trinajstić information content (AvgIpc) is 2.91. The minimum atomic E-state index is 0.165. The summed E-state index contributed by atoms with van der Waals surface area (Å²) in [6, 6.07) is 12.9. The van der Waals surface area contributed by atoms with Gasteiger partial charge in [0.05, 0.1) is 17.0 Å². The van der Waals surface area contributed by atoms with Crippen molar-refractivity contribution < 1.29 is 4.74 Å². The Hall–Kier alpha value is -0.870. The van der Waals surface area contributed by atoms with Crippen LogP contribution in [-0.4, -0.2) is 13.7 Å². The van der Waals surface area contributed by atoms with Crippen LogP contribution in [0.4, 0.5) is 0 Å². The van der Waals surface area contributed by atoms with E-state index in [1.54, 1.807) is 11.3 Å². The zero-order chi connectivity index (χ0) is 13.9. The van der Waals surface area contributed by atoms with Gasteiger partial charge in [0.1, 0.15) is 0 Å². The molecule has 20 heavy (non-hydrogen) atoms. The molecule has 0 spiro atoms. The summed E-state index contributed by atoms with van der Waals surface area (Å²) in [4.78, 5) is 1.27. The van der Waals surface area contributed by atoms with Crippen LogP contribution in [0.15, 0.2) is 36.4 Å². The summed E-state index contributed by atoms with van der Waals surface area (Å²) in [5.41, 5.74) is 2.75. The molecule has 2 atom stereocenters. The first-order chi connectivity index (χ1) is 9.78. The Kier molecular flexibility index (Phi) is 4.41. The van der Waals surface area contributed by atoms with Crippen molar-refractivity contribution in [2.24, 2.45) is 0 Å². The van der Waals surface area contributed by atoms with Crippen LogP contribution in [0.2, 0.25) is 4.34 Å². The Morgan fingerprint density at radius 2 is 2.20 bits per heavy atom. The second kappa shape index (κ2) is 6.27. The normalized spacial score (nSPS) is 19.6. The van der Waals surface area contributed by atoms with Crippen molar-refractivity contribution in [2.75, 3.05) is 13.7 Å². The van der Waals surface area contributed by atoms with E-state index in [0.717, 1.165) is 23.8 Å². The van der Waals surface area contributed by atoms with Crippen LogP contribution in [-0.2, 0) is 11.2 Å². The summed E-state index contributed by atoms with van der Waals surface area (Å²) >= 11 is 7.68. The number of nitrogens with one attached hydrogen (secondary N) is 1. The van der Waals surface area contributed by atoms with E-state index in [1.165, 1.54) is 16.0 Å². The SMILES string of the molecule is CNC(CC1OCCc2ccccc21)c1ccc(Cl)s1. The Bertz CT molecular complexity index is 583. The fourth-order valence-electron chi connectivity index (χ4n) is 2.78. The third kappa shape index (κ3) is 2.91. The summed E-state index contributed by atoms with van der Waals surface area (Å²) in [5, 5.41) is 3.38. The Balaban J connectivity index is 1.80. The van der Waals surface area contributed by atoms with E-state index in [-0.39, 0.29) is 12.1 Å². The third-order valence-electron chi connectivity index (χ3n) is 3.83. The zero-order valence-electron chi connectivity index (χ0n) is 11.4. The lowest BCUT2D eigenvalue weighted by atomic mass is 9.93. The fourth-order valence-corrected chi connectivity index (χ4v) is 3.96. The van der Waals surface area contributed by atoms with Crippen LogP contribution < -0.4 is 5.32 Å². The van der Waals surface area contributed by atoms with Gasteiger partial charge in [-0.2, -0.15) is 0 Å². The molecule has 1 aromatic heterocycles. The van der Waals surface area contributed by atoms with Crippen molar-refractivity contribution in [3.05, 3.63) is 56.7 Å². The van der Waals surface area contributed by atoms with E-state index in [2.05, 4.69) is 35.6 Å². The van der Waals surface area contributed by atoms with E-state index >= 15 is 0 Å². The van der Waals surface area contributed by atoms with Gasteiger partial charge in [-0.3, -0.25) is 0 Å². The molecule has 2 nitrogen and oxygen atoms in total. The lowest BCUT2D eigenvalue weighted by Crippen LogP contribution is -2.23.